The quantitative estimate of drug-likeness (QED) is 0.614. The average molecular weight is 206 g/mol. The Bertz CT molecular complexity index is 595. The van der Waals surface area contributed by atoms with Crippen molar-refractivity contribution in [3.8, 4) is 12.3 Å². The minimum atomic E-state index is 0.997. The van der Waals surface area contributed by atoms with Crippen molar-refractivity contribution in [2.75, 3.05) is 0 Å². The zero-order valence-corrected chi connectivity index (χ0v) is 9.62. The van der Waals surface area contributed by atoms with E-state index in [1.807, 2.05) is 19.1 Å². The van der Waals surface area contributed by atoms with Gasteiger partial charge >= 0.3 is 0 Å². The summed E-state index contributed by atoms with van der Waals surface area (Å²) >= 11 is 0. The van der Waals surface area contributed by atoms with E-state index in [1.54, 1.807) is 0 Å². The van der Waals surface area contributed by atoms with Crippen LogP contribution in [0.25, 0.3) is 16.8 Å². The Morgan fingerprint density at radius 1 is 1.25 bits per heavy atom. The van der Waals surface area contributed by atoms with Gasteiger partial charge in [-0.1, -0.05) is 48.4 Å². The molecule has 0 radical (unpaired) electrons. The second-order valence-electron chi connectivity index (χ2n) is 3.85. The molecule has 0 heteroatoms. The fourth-order valence-corrected chi connectivity index (χ4v) is 2.05. The third-order valence-electron chi connectivity index (χ3n) is 2.76. The van der Waals surface area contributed by atoms with Gasteiger partial charge in [-0.15, -0.1) is 6.42 Å². The van der Waals surface area contributed by atoms with Gasteiger partial charge in [0, 0.05) is 5.56 Å². The van der Waals surface area contributed by atoms with Gasteiger partial charge in [0.2, 0.25) is 0 Å². The molecule has 2 rings (SSSR count). The molecule has 2 aromatic rings. The topological polar surface area (TPSA) is 0 Å². The highest BCUT2D eigenvalue weighted by Crippen LogP contribution is 2.26. The molecular weight excluding hydrogens is 192 g/mol. The zero-order chi connectivity index (χ0) is 11.5. The minimum absolute atomic E-state index is 0.997. The maximum atomic E-state index is 5.59. The summed E-state index contributed by atoms with van der Waals surface area (Å²) in [6.07, 6.45) is 9.71. The molecule has 0 atom stereocenters. The predicted octanol–water partition coefficient (Wildman–Crippen LogP) is 4.16. The van der Waals surface area contributed by atoms with Crippen LogP contribution in [0.2, 0.25) is 0 Å². The van der Waals surface area contributed by atoms with Gasteiger partial charge in [-0.3, -0.25) is 0 Å². The largest absolute Gasteiger partial charge is 0.115 e. The van der Waals surface area contributed by atoms with E-state index in [0.29, 0.717) is 0 Å². The van der Waals surface area contributed by atoms with E-state index in [4.69, 9.17) is 6.42 Å². The van der Waals surface area contributed by atoms with Crippen molar-refractivity contribution >= 4 is 16.8 Å². The molecule has 0 amide bonds. The van der Waals surface area contributed by atoms with E-state index in [1.165, 1.54) is 10.8 Å². The van der Waals surface area contributed by atoms with Gasteiger partial charge in [-0.2, -0.15) is 0 Å². The van der Waals surface area contributed by atoms with Crippen LogP contribution in [0.3, 0.4) is 0 Å². The summed E-state index contributed by atoms with van der Waals surface area (Å²) in [4.78, 5) is 0. The maximum Gasteiger partial charge on any atom is 0.0350 e. The molecule has 0 unspecified atom stereocenters. The second kappa shape index (κ2) is 4.24. The monoisotopic (exact) mass is 206 g/mol. The van der Waals surface area contributed by atoms with E-state index in [2.05, 4.69) is 43.2 Å². The van der Waals surface area contributed by atoms with Gasteiger partial charge < -0.3 is 0 Å². The summed E-state index contributed by atoms with van der Waals surface area (Å²) in [7, 11) is 0. The molecule has 0 nitrogen and oxygen atoms in total. The van der Waals surface area contributed by atoms with Crippen molar-refractivity contribution in [2.24, 2.45) is 0 Å². The van der Waals surface area contributed by atoms with E-state index >= 15 is 0 Å². The van der Waals surface area contributed by atoms with Gasteiger partial charge in [0.25, 0.3) is 0 Å². The number of hydrogen-bond donors (Lipinski definition) is 0. The standard InChI is InChI=1S/C16H14/c1-4-8-16-14(5-2)12(3)11-13-9-6-7-10-15(13)16/h2,4,6-11H,1,3H3. The van der Waals surface area contributed by atoms with Gasteiger partial charge in [-0.05, 0) is 35.7 Å². The van der Waals surface area contributed by atoms with Crippen LogP contribution in [0.15, 0.2) is 36.4 Å². The molecular formula is C16H14. The first-order valence-corrected chi connectivity index (χ1v) is 5.39. The first-order valence-electron chi connectivity index (χ1n) is 5.39. The highest BCUT2D eigenvalue weighted by Gasteiger charge is 2.06. The minimum Gasteiger partial charge on any atom is -0.115 e. The molecule has 2 aromatic carbocycles. The van der Waals surface area contributed by atoms with Crippen molar-refractivity contribution in [3.05, 3.63) is 53.1 Å². The lowest BCUT2D eigenvalue weighted by molar-refractivity contribution is 1.45. The molecule has 0 saturated carbocycles. The lowest BCUT2D eigenvalue weighted by Crippen LogP contribution is -1.90. The first-order chi connectivity index (χ1) is 7.77. The van der Waals surface area contributed by atoms with Crippen LogP contribution in [0.4, 0.5) is 0 Å². The second-order valence-corrected chi connectivity index (χ2v) is 3.85. The Balaban J connectivity index is 2.94. The number of fused-ring (bicyclic) bond motifs is 1. The molecule has 16 heavy (non-hydrogen) atoms. The Labute approximate surface area is 96.6 Å². The zero-order valence-electron chi connectivity index (χ0n) is 9.62. The molecule has 0 heterocycles. The summed E-state index contributed by atoms with van der Waals surface area (Å²) < 4.78 is 0. The molecule has 0 aliphatic carbocycles. The number of aryl methyl sites for hydroxylation is 1. The van der Waals surface area contributed by atoms with Crippen molar-refractivity contribution < 1.29 is 0 Å². The fraction of sp³-hybridized carbons (Fsp3) is 0.125. The molecule has 0 aromatic heterocycles. The van der Waals surface area contributed by atoms with E-state index in [-0.39, 0.29) is 0 Å². The van der Waals surface area contributed by atoms with Gasteiger partial charge in [-0.25, -0.2) is 0 Å². The molecule has 0 fully saturated rings. The van der Waals surface area contributed by atoms with Gasteiger partial charge in [0.1, 0.15) is 0 Å². The average Bonchev–Trinajstić information content (AvgIpc) is 2.29. The number of rotatable bonds is 1. The van der Waals surface area contributed by atoms with Crippen LogP contribution < -0.4 is 0 Å². The highest BCUT2D eigenvalue weighted by molar-refractivity contribution is 5.94. The van der Waals surface area contributed by atoms with Gasteiger partial charge in [0.15, 0.2) is 0 Å². The van der Waals surface area contributed by atoms with E-state index in [9.17, 15) is 0 Å². The molecule has 0 saturated heterocycles. The molecule has 0 aliphatic heterocycles. The lowest BCUT2D eigenvalue weighted by Gasteiger charge is -2.09. The Morgan fingerprint density at radius 3 is 2.69 bits per heavy atom. The lowest BCUT2D eigenvalue weighted by atomic mass is 9.95. The van der Waals surface area contributed by atoms with Crippen LogP contribution >= 0.6 is 0 Å². The van der Waals surface area contributed by atoms with Crippen molar-refractivity contribution in [2.45, 2.75) is 13.8 Å². The number of hydrogen-bond acceptors (Lipinski definition) is 0. The predicted molar refractivity (Wildman–Crippen MR) is 71.3 cm³/mol. The van der Waals surface area contributed by atoms with Gasteiger partial charge in [0.05, 0.1) is 0 Å². The summed E-state index contributed by atoms with van der Waals surface area (Å²) in [5.41, 5.74) is 3.31. The molecule has 0 bridgehead atoms. The molecule has 0 N–H and O–H groups in total. The number of benzene rings is 2. The summed E-state index contributed by atoms with van der Waals surface area (Å²) in [6.45, 7) is 4.08. The molecule has 0 aliphatic rings. The van der Waals surface area contributed by atoms with E-state index in [0.717, 1.165) is 16.7 Å². The molecule has 0 spiro atoms. The summed E-state index contributed by atoms with van der Waals surface area (Å²) in [6, 6.07) is 10.5. The third-order valence-corrected chi connectivity index (χ3v) is 2.76. The van der Waals surface area contributed by atoms with Crippen molar-refractivity contribution in [1.82, 2.24) is 0 Å². The van der Waals surface area contributed by atoms with Crippen molar-refractivity contribution in [3.63, 3.8) is 0 Å². The van der Waals surface area contributed by atoms with Crippen LogP contribution in [0.1, 0.15) is 23.6 Å². The van der Waals surface area contributed by atoms with Crippen LogP contribution in [-0.4, -0.2) is 0 Å². The maximum absolute atomic E-state index is 5.59. The molecule has 78 valence electrons. The highest BCUT2D eigenvalue weighted by atomic mass is 14.1. The van der Waals surface area contributed by atoms with Crippen molar-refractivity contribution in [1.29, 1.82) is 0 Å². The number of allylic oxidation sites excluding steroid dienone is 1. The fourth-order valence-electron chi connectivity index (χ4n) is 2.05. The normalized spacial score (nSPS) is 10.8. The first kappa shape index (κ1) is 10.5. The third kappa shape index (κ3) is 1.61. The Morgan fingerprint density at radius 2 is 2.00 bits per heavy atom. The summed E-state index contributed by atoms with van der Waals surface area (Å²) in [5, 5.41) is 2.46. The van der Waals surface area contributed by atoms with Crippen LogP contribution in [-0.2, 0) is 0 Å². The number of terminal acetylenes is 1. The Hall–Kier alpha value is -2.00. The Kier molecular flexibility index (Phi) is 2.79. The van der Waals surface area contributed by atoms with E-state index < -0.39 is 0 Å². The van der Waals surface area contributed by atoms with Crippen LogP contribution in [0.5, 0.6) is 0 Å². The summed E-state index contributed by atoms with van der Waals surface area (Å²) in [5.74, 6) is 2.79. The SMILES string of the molecule is C#Cc1c(C)cc2ccccc2c1C=CC. The smallest absolute Gasteiger partial charge is 0.0350 e. The van der Waals surface area contributed by atoms with Crippen LogP contribution in [0, 0.1) is 19.3 Å².